The molecule has 0 spiro atoms. The van der Waals surface area contributed by atoms with Crippen LogP contribution in [0.5, 0.6) is 11.5 Å². The Morgan fingerprint density at radius 2 is 1.82 bits per heavy atom. The van der Waals surface area contributed by atoms with Crippen LogP contribution in [0, 0.1) is 12.7 Å². The van der Waals surface area contributed by atoms with Crippen molar-refractivity contribution >= 4 is 10.9 Å². The number of ether oxygens (including phenoxy) is 2. The van der Waals surface area contributed by atoms with Gasteiger partial charge in [0.25, 0.3) is 0 Å². The molecule has 0 atom stereocenters. The maximum atomic E-state index is 13.1. The molecule has 5 nitrogen and oxygen atoms in total. The second-order valence-electron chi connectivity index (χ2n) is 6.40. The lowest BCUT2D eigenvalue weighted by Gasteiger charge is -2.12. The molecule has 0 fully saturated rings. The van der Waals surface area contributed by atoms with Gasteiger partial charge in [-0.3, -0.25) is 0 Å². The summed E-state index contributed by atoms with van der Waals surface area (Å²) in [7, 11) is 1.64. The van der Waals surface area contributed by atoms with E-state index in [0.29, 0.717) is 29.4 Å². The van der Waals surface area contributed by atoms with Crippen LogP contribution in [0.15, 0.2) is 60.9 Å². The quantitative estimate of drug-likeness (QED) is 0.505. The standard InChI is InChI=1S/C22H18FN3O2/c1-14-8-16-6-7-19(22-24-11-17(23)12-25-22)26-21(16)20(9-14)28-13-15-4-3-5-18(10-15)27-2/h3-12H,13H2,1-2H3. The number of aromatic nitrogens is 3. The predicted octanol–water partition coefficient (Wildman–Crippen LogP) is 4.73. The van der Waals surface area contributed by atoms with E-state index in [2.05, 4.69) is 15.0 Å². The van der Waals surface area contributed by atoms with Gasteiger partial charge in [0.05, 0.1) is 19.5 Å². The van der Waals surface area contributed by atoms with E-state index in [1.807, 2.05) is 55.5 Å². The van der Waals surface area contributed by atoms with Crippen LogP contribution in [-0.4, -0.2) is 22.1 Å². The summed E-state index contributed by atoms with van der Waals surface area (Å²) in [6, 6.07) is 15.5. The summed E-state index contributed by atoms with van der Waals surface area (Å²) in [6.07, 6.45) is 2.26. The number of nitrogens with zero attached hydrogens (tertiary/aromatic N) is 3. The Labute approximate surface area is 161 Å². The Hall–Kier alpha value is -3.54. The van der Waals surface area contributed by atoms with Crippen LogP contribution in [0.1, 0.15) is 11.1 Å². The normalized spacial score (nSPS) is 10.8. The molecule has 2 heterocycles. The largest absolute Gasteiger partial charge is 0.497 e. The molecule has 0 amide bonds. The van der Waals surface area contributed by atoms with Crippen molar-refractivity contribution in [2.45, 2.75) is 13.5 Å². The molecule has 0 N–H and O–H groups in total. The first-order chi connectivity index (χ1) is 13.6. The number of halogens is 1. The number of methoxy groups -OCH3 is 1. The first kappa shape index (κ1) is 17.9. The van der Waals surface area contributed by atoms with Crippen LogP contribution >= 0.6 is 0 Å². The van der Waals surface area contributed by atoms with Gasteiger partial charge in [-0.2, -0.15) is 0 Å². The van der Waals surface area contributed by atoms with Crippen molar-refractivity contribution in [1.29, 1.82) is 0 Å². The second-order valence-corrected chi connectivity index (χ2v) is 6.40. The van der Waals surface area contributed by atoms with Gasteiger partial charge >= 0.3 is 0 Å². The Morgan fingerprint density at radius 3 is 2.61 bits per heavy atom. The maximum absolute atomic E-state index is 13.1. The second kappa shape index (κ2) is 7.60. The lowest BCUT2D eigenvalue weighted by atomic mass is 10.1. The third-order valence-corrected chi connectivity index (χ3v) is 4.28. The van der Waals surface area contributed by atoms with Crippen LogP contribution in [-0.2, 0) is 6.61 Å². The number of hydrogen-bond acceptors (Lipinski definition) is 5. The summed E-state index contributed by atoms with van der Waals surface area (Å²) in [4.78, 5) is 12.7. The molecule has 0 bridgehead atoms. The van der Waals surface area contributed by atoms with E-state index in [4.69, 9.17) is 9.47 Å². The molecule has 4 rings (SSSR count). The summed E-state index contributed by atoms with van der Waals surface area (Å²) in [5.74, 6) is 1.33. The molecular weight excluding hydrogens is 357 g/mol. The number of fused-ring (bicyclic) bond motifs is 1. The Balaban J connectivity index is 1.69. The Morgan fingerprint density at radius 1 is 1.00 bits per heavy atom. The molecule has 6 heteroatoms. The van der Waals surface area contributed by atoms with E-state index in [9.17, 15) is 4.39 Å². The van der Waals surface area contributed by atoms with Crippen molar-refractivity contribution in [2.75, 3.05) is 7.11 Å². The molecule has 0 saturated heterocycles. The van der Waals surface area contributed by atoms with Crippen molar-refractivity contribution in [3.63, 3.8) is 0 Å². The predicted molar refractivity (Wildman–Crippen MR) is 105 cm³/mol. The minimum absolute atomic E-state index is 0.364. The number of pyridine rings is 1. The summed E-state index contributed by atoms with van der Waals surface area (Å²) < 4.78 is 24.4. The number of benzene rings is 2. The third kappa shape index (κ3) is 3.76. The van der Waals surface area contributed by atoms with E-state index in [1.54, 1.807) is 7.11 Å². The van der Waals surface area contributed by atoms with Gasteiger partial charge in [0.1, 0.15) is 29.3 Å². The lowest BCUT2D eigenvalue weighted by Crippen LogP contribution is -1.99. The zero-order chi connectivity index (χ0) is 19.5. The molecule has 0 aliphatic carbocycles. The van der Waals surface area contributed by atoms with Crippen LogP contribution in [0.4, 0.5) is 4.39 Å². The molecule has 0 aliphatic rings. The zero-order valence-electron chi connectivity index (χ0n) is 15.5. The van der Waals surface area contributed by atoms with Gasteiger partial charge in [-0.25, -0.2) is 19.3 Å². The van der Waals surface area contributed by atoms with E-state index >= 15 is 0 Å². The minimum atomic E-state index is -0.484. The monoisotopic (exact) mass is 375 g/mol. The topological polar surface area (TPSA) is 57.1 Å². The van der Waals surface area contributed by atoms with Crippen molar-refractivity contribution < 1.29 is 13.9 Å². The van der Waals surface area contributed by atoms with E-state index < -0.39 is 5.82 Å². The van der Waals surface area contributed by atoms with Gasteiger partial charge in [0.15, 0.2) is 11.6 Å². The molecule has 140 valence electrons. The first-order valence-corrected chi connectivity index (χ1v) is 8.77. The fraction of sp³-hybridized carbons (Fsp3) is 0.136. The highest BCUT2D eigenvalue weighted by molar-refractivity contribution is 5.87. The third-order valence-electron chi connectivity index (χ3n) is 4.28. The van der Waals surface area contributed by atoms with Crippen molar-refractivity contribution in [3.05, 3.63) is 77.9 Å². The smallest absolute Gasteiger partial charge is 0.178 e. The molecule has 0 aliphatic heterocycles. The van der Waals surface area contributed by atoms with Gasteiger partial charge in [0.2, 0.25) is 0 Å². The fourth-order valence-corrected chi connectivity index (χ4v) is 2.95. The van der Waals surface area contributed by atoms with Gasteiger partial charge in [0, 0.05) is 5.39 Å². The van der Waals surface area contributed by atoms with Crippen molar-refractivity contribution in [1.82, 2.24) is 15.0 Å². The Kier molecular flexibility index (Phi) is 4.85. The molecule has 0 radical (unpaired) electrons. The van der Waals surface area contributed by atoms with E-state index in [0.717, 1.165) is 34.7 Å². The first-order valence-electron chi connectivity index (χ1n) is 8.77. The van der Waals surface area contributed by atoms with Gasteiger partial charge in [-0.15, -0.1) is 0 Å². The molecule has 28 heavy (non-hydrogen) atoms. The van der Waals surface area contributed by atoms with Crippen LogP contribution in [0.3, 0.4) is 0 Å². The molecule has 2 aromatic heterocycles. The summed E-state index contributed by atoms with van der Waals surface area (Å²) in [6.45, 7) is 2.39. The van der Waals surface area contributed by atoms with Crippen LogP contribution in [0.2, 0.25) is 0 Å². The van der Waals surface area contributed by atoms with E-state index in [1.165, 1.54) is 0 Å². The maximum Gasteiger partial charge on any atom is 0.178 e. The van der Waals surface area contributed by atoms with Gasteiger partial charge in [-0.1, -0.05) is 18.2 Å². The summed E-state index contributed by atoms with van der Waals surface area (Å²) >= 11 is 0. The Bertz CT molecular complexity index is 1130. The number of rotatable bonds is 5. The molecule has 2 aromatic carbocycles. The number of aryl methyl sites for hydroxylation is 1. The van der Waals surface area contributed by atoms with E-state index in [-0.39, 0.29) is 0 Å². The summed E-state index contributed by atoms with van der Waals surface area (Å²) in [5, 5.41) is 0.950. The molecular formula is C22H18FN3O2. The SMILES string of the molecule is COc1cccc(COc2cc(C)cc3ccc(-c4ncc(F)cn4)nc23)c1. The molecule has 0 saturated carbocycles. The van der Waals surface area contributed by atoms with Crippen molar-refractivity contribution in [2.24, 2.45) is 0 Å². The van der Waals surface area contributed by atoms with Crippen LogP contribution < -0.4 is 9.47 Å². The average Bonchev–Trinajstić information content (AvgIpc) is 2.72. The van der Waals surface area contributed by atoms with Gasteiger partial charge < -0.3 is 9.47 Å². The molecule has 4 aromatic rings. The highest BCUT2D eigenvalue weighted by Crippen LogP contribution is 2.29. The summed E-state index contributed by atoms with van der Waals surface area (Å²) in [5.41, 5.74) is 3.33. The average molecular weight is 375 g/mol. The zero-order valence-corrected chi connectivity index (χ0v) is 15.5. The van der Waals surface area contributed by atoms with Gasteiger partial charge in [-0.05, 0) is 48.4 Å². The highest BCUT2D eigenvalue weighted by atomic mass is 19.1. The molecule has 0 unspecified atom stereocenters. The number of hydrogen-bond donors (Lipinski definition) is 0. The minimum Gasteiger partial charge on any atom is -0.497 e. The lowest BCUT2D eigenvalue weighted by molar-refractivity contribution is 0.308. The highest BCUT2D eigenvalue weighted by Gasteiger charge is 2.10. The fourth-order valence-electron chi connectivity index (χ4n) is 2.95. The van der Waals surface area contributed by atoms with Crippen molar-refractivity contribution in [3.8, 4) is 23.0 Å². The van der Waals surface area contributed by atoms with Crippen LogP contribution in [0.25, 0.3) is 22.4 Å².